The number of rotatable bonds is 3. The Labute approximate surface area is 166 Å². The van der Waals surface area contributed by atoms with Crippen molar-refractivity contribution < 1.29 is 14.3 Å². The van der Waals surface area contributed by atoms with Crippen molar-refractivity contribution in [3.05, 3.63) is 59.2 Å². The van der Waals surface area contributed by atoms with E-state index < -0.39 is 5.60 Å². The van der Waals surface area contributed by atoms with Crippen LogP contribution < -0.4 is 0 Å². The fraction of sp³-hybridized carbons (Fsp3) is 0.391. The minimum atomic E-state index is -0.528. The van der Waals surface area contributed by atoms with Crippen LogP contribution >= 0.6 is 0 Å². The lowest BCUT2D eigenvalue weighted by molar-refractivity contribution is -0.00157. The van der Waals surface area contributed by atoms with E-state index in [1.807, 2.05) is 51.1 Å². The van der Waals surface area contributed by atoms with Crippen molar-refractivity contribution in [1.82, 2.24) is 4.90 Å². The van der Waals surface area contributed by atoms with Crippen molar-refractivity contribution in [2.45, 2.75) is 38.9 Å². The molecule has 2 aromatic rings. The van der Waals surface area contributed by atoms with Crippen molar-refractivity contribution in [3.63, 3.8) is 0 Å². The SMILES string of the molecule is CN(CC1OCCc2c(-c3ccc(C#N)cc3)cccc21)C(=O)OC(C)(C)C. The molecule has 1 aliphatic heterocycles. The van der Waals surface area contributed by atoms with E-state index in [4.69, 9.17) is 14.7 Å². The highest BCUT2D eigenvalue weighted by Crippen LogP contribution is 2.35. The number of fused-ring (bicyclic) bond motifs is 1. The van der Waals surface area contributed by atoms with Gasteiger partial charge in [-0.25, -0.2) is 4.79 Å². The maximum Gasteiger partial charge on any atom is 0.410 e. The van der Waals surface area contributed by atoms with Gasteiger partial charge in [-0.2, -0.15) is 5.26 Å². The Kier molecular flexibility index (Phi) is 5.71. The van der Waals surface area contributed by atoms with Gasteiger partial charge in [0.05, 0.1) is 24.8 Å². The molecule has 0 spiro atoms. The highest BCUT2D eigenvalue weighted by molar-refractivity contribution is 5.70. The van der Waals surface area contributed by atoms with Crippen LogP contribution in [0, 0.1) is 11.3 Å². The summed E-state index contributed by atoms with van der Waals surface area (Å²) in [6, 6.07) is 16.0. The molecule has 28 heavy (non-hydrogen) atoms. The van der Waals surface area contributed by atoms with Crippen LogP contribution in [-0.4, -0.2) is 36.8 Å². The van der Waals surface area contributed by atoms with Crippen LogP contribution in [0.2, 0.25) is 0 Å². The first-order chi connectivity index (χ1) is 13.3. The summed E-state index contributed by atoms with van der Waals surface area (Å²) in [5.41, 5.74) is 4.69. The minimum Gasteiger partial charge on any atom is -0.444 e. The predicted octanol–water partition coefficient (Wildman–Crippen LogP) is 4.71. The normalized spacial score (nSPS) is 16.0. The maximum atomic E-state index is 12.3. The molecule has 146 valence electrons. The molecule has 0 N–H and O–H groups in total. The Balaban J connectivity index is 1.84. The summed E-state index contributed by atoms with van der Waals surface area (Å²) in [6.07, 6.45) is 0.268. The summed E-state index contributed by atoms with van der Waals surface area (Å²) in [5, 5.41) is 9.02. The minimum absolute atomic E-state index is 0.195. The number of amides is 1. The Bertz CT molecular complexity index is 892. The van der Waals surface area contributed by atoms with Crippen LogP contribution in [0.15, 0.2) is 42.5 Å². The lowest BCUT2D eigenvalue weighted by atomic mass is 9.89. The number of likely N-dealkylation sites (N-methyl/N-ethyl adjacent to an activating group) is 1. The number of carbonyl (C=O) groups is 1. The molecule has 1 unspecified atom stereocenters. The molecular weight excluding hydrogens is 352 g/mol. The van der Waals surface area contributed by atoms with Crippen molar-refractivity contribution in [1.29, 1.82) is 5.26 Å². The molecule has 5 nitrogen and oxygen atoms in total. The standard InChI is InChI=1S/C23H26N2O3/c1-23(2,3)28-22(26)25(4)15-21-20-7-5-6-18(19(20)12-13-27-21)17-10-8-16(14-24)9-11-17/h5-11,21H,12-13,15H2,1-4H3. The molecule has 1 atom stereocenters. The number of ether oxygens (including phenoxy) is 2. The van der Waals surface area contributed by atoms with E-state index in [2.05, 4.69) is 18.2 Å². The molecule has 0 saturated heterocycles. The molecule has 3 rings (SSSR count). The molecular formula is C23H26N2O3. The number of hydrogen-bond acceptors (Lipinski definition) is 4. The van der Waals surface area contributed by atoms with Crippen molar-refractivity contribution in [3.8, 4) is 17.2 Å². The molecule has 0 saturated carbocycles. The molecule has 0 aliphatic carbocycles. The van der Waals surface area contributed by atoms with E-state index in [0.717, 1.165) is 23.1 Å². The molecule has 1 aliphatic rings. The highest BCUT2D eigenvalue weighted by atomic mass is 16.6. The van der Waals surface area contributed by atoms with Crippen molar-refractivity contribution in [2.24, 2.45) is 0 Å². The van der Waals surface area contributed by atoms with Gasteiger partial charge in [-0.3, -0.25) is 0 Å². The van der Waals surface area contributed by atoms with Crippen LogP contribution in [-0.2, 0) is 15.9 Å². The molecule has 0 aromatic heterocycles. The van der Waals surface area contributed by atoms with Crippen LogP contribution in [0.1, 0.15) is 43.6 Å². The van der Waals surface area contributed by atoms with Gasteiger partial charge in [0.1, 0.15) is 11.7 Å². The molecule has 0 bridgehead atoms. The number of nitrogens with zero attached hydrogens (tertiary/aromatic N) is 2. The highest BCUT2D eigenvalue weighted by Gasteiger charge is 2.27. The van der Waals surface area contributed by atoms with Crippen molar-refractivity contribution >= 4 is 6.09 Å². The topological polar surface area (TPSA) is 62.6 Å². The second-order valence-corrected chi connectivity index (χ2v) is 8.03. The van der Waals surface area contributed by atoms with Gasteiger partial charge in [-0.15, -0.1) is 0 Å². The fourth-order valence-corrected chi connectivity index (χ4v) is 3.39. The number of benzene rings is 2. The number of hydrogen-bond donors (Lipinski definition) is 0. The average molecular weight is 378 g/mol. The first-order valence-corrected chi connectivity index (χ1v) is 9.46. The zero-order valence-electron chi connectivity index (χ0n) is 16.9. The molecule has 2 aromatic carbocycles. The molecule has 0 radical (unpaired) electrons. The third kappa shape index (κ3) is 4.52. The molecule has 5 heteroatoms. The zero-order valence-corrected chi connectivity index (χ0v) is 16.9. The van der Waals surface area contributed by atoms with Gasteiger partial charge in [0.25, 0.3) is 0 Å². The van der Waals surface area contributed by atoms with Crippen LogP contribution in [0.5, 0.6) is 0 Å². The van der Waals surface area contributed by atoms with Gasteiger partial charge in [-0.1, -0.05) is 30.3 Å². The monoisotopic (exact) mass is 378 g/mol. The van der Waals surface area contributed by atoms with Crippen LogP contribution in [0.4, 0.5) is 4.79 Å². The lowest BCUT2D eigenvalue weighted by Gasteiger charge is -2.32. The Hall–Kier alpha value is -2.84. The second-order valence-electron chi connectivity index (χ2n) is 8.03. The first-order valence-electron chi connectivity index (χ1n) is 9.46. The van der Waals surface area contributed by atoms with Crippen LogP contribution in [0.25, 0.3) is 11.1 Å². The summed E-state index contributed by atoms with van der Waals surface area (Å²) in [4.78, 5) is 13.9. The molecule has 1 heterocycles. The second kappa shape index (κ2) is 8.04. The van der Waals surface area contributed by atoms with E-state index in [9.17, 15) is 4.79 Å². The largest absolute Gasteiger partial charge is 0.444 e. The summed E-state index contributed by atoms with van der Waals surface area (Å²) in [5.74, 6) is 0. The van der Waals surface area contributed by atoms with E-state index in [1.165, 1.54) is 5.56 Å². The van der Waals surface area contributed by atoms with Gasteiger partial charge < -0.3 is 14.4 Å². The summed E-state index contributed by atoms with van der Waals surface area (Å²) in [6.45, 7) is 6.60. The lowest BCUT2D eigenvalue weighted by Crippen LogP contribution is -2.38. The van der Waals surface area contributed by atoms with Gasteiger partial charge in [0, 0.05) is 7.05 Å². The van der Waals surface area contributed by atoms with Crippen molar-refractivity contribution in [2.75, 3.05) is 20.2 Å². The molecule has 1 amide bonds. The summed E-state index contributed by atoms with van der Waals surface area (Å²) in [7, 11) is 1.73. The van der Waals surface area contributed by atoms with Crippen LogP contribution in [0.3, 0.4) is 0 Å². The quantitative estimate of drug-likeness (QED) is 0.776. The van der Waals surface area contributed by atoms with Gasteiger partial charge in [0.2, 0.25) is 0 Å². The Morgan fingerprint density at radius 2 is 1.96 bits per heavy atom. The summed E-state index contributed by atoms with van der Waals surface area (Å²) >= 11 is 0. The first kappa shape index (κ1) is 19.9. The zero-order chi connectivity index (χ0) is 20.3. The predicted molar refractivity (Wildman–Crippen MR) is 108 cm³/mol. The average Bonchev–Trinajstić information content (AvgIpc) is 2.66. The Morgan fingerprint density at radius 3 is 2.61 bits per heavy atom. The molecule has 0 fully saturated rings. The number of nitriles is 1. The maximum absolute atomic E-state index is 12.3. The van der Waals surface area contributed by atoms with Gasteiger partial charge in [-0.05, 0) is 61.6 Å². The van der Waals surface area contributed by atoms with E-state index >= 15 is 0 Å². The fourth-order valence-electron chi connectivity index (χ4n) is 3.39. The number of carbonyl (C=O) groups excluding carboxylic acids is 1. The van der Waals surface area contributed by atoms with Gasteiger partial charge >= 0.3 is 6.09 Å². The van der Waals surface area contributed by atoms with E-state index in [-0.39, 0.29) is 12.2 Å². The Morgan fingerprint density at radius 1 is 1.25 bits per heavy atom. The summed E-state index contributed by atoms with van der Waals surface area (Å²) < 4.78 is 11.4. The third-order valence-electron chi connectivity index (χ3n) is 4.70. The van der Waals surface area contributed by atoms with E-state index in [1.54, 1.807) is 11.9 Å². The van der Waals surface area contributed by atoms with E-state index in [0.29, 0.717) is 18.7 Å². The third-order valence-corrected chi connectivity index (χ3v) is 4.70. The smallest absolute Gasteiger partial charge is 0.410 e. The van der Waals surface area contributed by atoms with Gasteiger partial charge in [0.15, 0.2) is 0 Å².